The molecule has 1 atom stereocenters. The number of hydrogen-bond acceptors (Lipinski definition) is 4. The Bertz CT molecular complexity index is 658. The molecule has 0 aliphatic carbocycles. The van der Waals surface area contributed by atoms with E-state index in [2.05, 4.69) is 0 Å². The smallest absolute Gasteiger partial charge is 0.429 e. The van der Waals surface area contributed by atoms with Gasteiger partial charge in [-0.25, -0.2) is 4.79 Å². The van der Waals surface area contributed by atoms with E-state index in [4.69, 9.17) is 9.47 Å². The van der Waals surface area contributed by atoms with E-state index in [1.807, 2.05) is 60.7 Å². The molecule has 1 unspecified atom stereocenters. The fourth-order valence-corrected chi connectivity index (χ4v) is 2.12. The van der Waals surface area contributed by atoms with Crippen LogP contribution < -0.4 is 0 Å². The van der Waals surface area contributed by atoms with Crippen LogP contribution in [0.3, 0.4) is 0 Å². The third-order valence-electron chi connectivity index (χ3n) is 3.59. The molecule has 2 aromatic rings. The molecule has 0 spiro atoms. The first-order valence-corrected chi connectivity index (χ1v) is 7.70. The van der Waals surface area contributed by atoms with E-state index in [0.717, 1.165) is 11.1 Å². The Morgan fingerprint density at radius 3 is 2.17 bits per heavy atom. The molecule has 5 nitrogen and oxygen atoms in total. The second-order valence-corrected chi connectivity index (χ2v) is 5.44. The summed E-state index contributed by atoms with van der Waals surface area (Å²) in [5.41, 5.74) is 1.69. The predicted octanol–water partition coefficient (Wildman–Crippen LogP) is 3.56. The van der Waals surface area contributed by atoms with Gasteiger partial charge in [-0.3, -0.25) is 4.79 Å². The van der Waals surface area contributed by atoms with Crippen LogP contribution in [0.15, 0.2) is 60.7 Å². The first-order chi connectivity index (χ1) is 11.6. The fourth-order valence-electron chi connectivity index (χ4n) is 2.12. The number of amides is 1. The first-order valence-electron chi connectivity index (χ1n) is 7.70. The van der Waals surface area contributed by atoms with Crippen LogP contribution in [0.4, 0.5) is 4.79 Å². The van der Waals surface area contributed by atoms with Crippen LogP contribution in [0.2, 0.25) is 0 Å². The zero-order valence-corrected chi connectivity index (χ0v) is 13.8. The zero-order valence-electron chi connectivity index (χ0n) is 13.8. The Morgan fingerprint density at radius 1 is 1.00 bits per heavy atom. The summed E-state index contributed by atoms with van der Waals surface area (Å²) in [6.07, 6.45) is -1.34. The maximum atomic E-state index is 12.0. The molecule has 0 aliphatic rings. The van der Waals surface area contributed by atoms with E-state index in [9.17, 15) is 9.59 Å². The molecular weight excluding hydrogens is 306 g/mol. The number of carbonyl (C=O) groups is 2. The summed E-state index contributed by atoms with van der Waals surface area (Å²) in [6, 6.07) is 18.7. The van der Waals surface area contributed by atoms with Gasteiger partial charge in [0, 0.05) is 14.0 Å². The van der Waals surface area contributed by atoms with Crippen LogP contribution >= 0.6 is 0 Å². The van der Waals surface area contributed by atoms with E-state index in [1.165, 1.54) is 11.8 Å². The largest absolute Gasteiger partial charge is 0.509 e. The van der Waals surface area contributed by atoms with Crippen molar-refractivity contribution >= 4 is 12.1 Å². The third kappa shape index (κ3) is 5.43. The van der Waals surface area contributed by atoms with Gasteiger partial charge in [-0.1, -0.05) is 60.7 Å². The molecule has 0 saturated heterocycles. The van der Waals surface area contributed by atoms with Gasteiger partial charge in [0.15, 0.2) is 0 Å². The Labute approximate surface area is 141 Å². The Hall–Kier alpha value is -2.82. The standard InChI is InChI=1S/C19H21NO4/c1-15(21)20(2)13-18(17-11-7-4-8-12-17)24-19(22)23-14-16-9-5-3-6-10-16/h3-12,18H,13-14H2,1-2H3. The zero-order chi connectivity index (χ0) is 17.4. The number of carbonyl (C=O) groups excluding carboxylic acids is 2. The lowest BCUT2D eigenvalue weighted by Gasteiger charge is -2.23. The van der Waals surface area contributed by atoms with Crippen LogP contribution in [0, 0.1) is 0 Å². The highest BCUT2D eigenvalue weighted by Gasteiger charge is 2.20. The number of rotatable bonds is 6. The first kappa shape index (κ1) is 17.5. The molecule has 2 aromatic carbocycles. The molecule has 24 heavy (non-hydrogen) atoms. The molecule has 0 heterocycles. The van der Waals surface area contributed by atoms with Crippen molar-refractivity contribution in [2.45, 2.75) is 19.6 Å². The molecule has 0 radical (unpaired) electrons. The molecule has 1 amide bonds. The second kappa shape index (κ2) is 8.72. The van der Waals surface area contributed by atoms with Gasteiger partial charge in [-0.05, 0) is 11.1 Å². The highest BCUT2D eigenvalue weighted by molar-refractivity contribution is 5.73. The maximum Gasteiger partial charge on any atom is 0.509 e. The molecule has 126 valence electrons. The quantitative estimate of drug-likeness (QED) is 0.761. The minimum Gasteiger partial charge on any atom is -0.429 e. The summed E-state index contributed by atoms with van der Waals surface area (Å²) in [7, 11) is 1.66. The lowest BCUT2D eigenvalue weighted by atomic mass is 10.1. The topological polar surface area (TPSA) is 55.8 Å². The summed E-state index contributed by atoms with van der Waals surface area (Å²) in [5, 5.41) is 0. The van der Waals surface area contributed by atoms with Gasteiger partial charge in [0.25, 0.3) is 0 Å². The lowest BCUT2D eigenvalue weighted by Crippen LogP contribution is -2.31. The highest BCUT2D eigenvalue weighted by atomic mass is 16.7. The molecule has 0 fully saturated rings. The van der Waals surface area contributed by atoms with Gasteiger partial charge >= 0.3 is 6.16 Å². The van der Waals surface area contributed by atoms with E-state index in [0.29, 0.717) is 0 Å². The number of hydrogen-bond donors (Lipinski definition) is 0. The Morgan fingerprint density at radius 2 is 1.58 bits per heavy atom. The van der Waals surface area contributed by atoms with Crippen molar-refractivity contribution in [1.82, 2.24) is 4.90 Å². The summed E-state index contributed by atoms with van der Waals surface area (Å²) >= 11 is 0. The maximum absolute atomic E-state index is 12.0. The summed E-state index contributed by atoms with van der Waals surface area (Å²) < 4.78 is 10.6. The number of likely N-dealkylation sites (N-methyl/N-ethyl adjacent to an activating group) is 1. The van der Waals surface area contributed by atoms with Crippen molar-refractivity contribution in [3.8, 4) is 0 Å². The van der Waals surface area contributed by atoms with Crippen molar-refractivity contribution < 1.29 is 19.1 Å². The fraction of sp³-hybridized carbons (Fsp3) is 0.263. The van der Waals surface area contributed by atoms with E-state index in [-0.39, 0.29) is 19.1 Å². The van der Waals surface area contributed by atoms with Crippen LogP contribution in [-0.2, 0) is 20.9 Å². The van der Waals surface area contributed by atoms with Gasteiger partial charge in [0.1, 0.15) is 12.7 Å². The average Bonchev–Trinajstić information content (AvgIpc) is 2.61. The molecule has 0 bridgehead atoms. The predicted molar refractivity (Wildman–Crippen MR) is 90.2 cm³/mol. The van der Waals surface area contributed by atoms with Gasteiger partial charge in [0.05, 0.1) is 6.54 Å². The van der Waals surface area contributed by atoms with Crippen LogP contribution in [0.1, 0.15) is 24.2 Å². The number of ether oxygens (including phenoxy) is 2. The second-order valence-electron chi connectivity index (χ2n) is 5.44. The van der Waals surface area contributed by atoms with Crippen LogP contribution in [-0.4, -0.2) is 30.6 Å². The molecular formula is C19H21NO4. The average molecular weight is 327 g/mol. The highest BCUT2D eigenvalue weighted by Crippen LogP contribution is 2.19. The van der Waals surface area contributed by atoms with Gasteiger partial charge in [-0.15, -0.1) is 0 Å². The summed E-state index contributed by atoms with van der Waals surface area (Å²) in [4.78, 5) is 25.0. The molecule has 0 N–H and O–H groups in total. The van der Waals surface area contributed by atoms with Gasteiger partial charge in [-0.2, -0.15) is 0 Å². The van der Waals surface area contributed by atoms with Crippen molar-refractivity contribution in [3.05, 3.63) is 71.8 Å². The van der Waals surface area contributed by atoms with Crippen molar-refractivity contribution in [2.24, 2.45) is 0 Å². The third-order valence-corrected chi connectivity index (χ3v) is 3.59. The monoisotopic (exact) mass is 327 g/mol. The van der Waals surface area contributed by atoms with E-state index >= 15 is 0 Å². The summed E-state index contributed by atoms with van der Waals surface area (Å²) in [6.45, 7) is 1.87. The van der Waals surface area contributed by atoms with Gasteiger partial charge in [0.2, 0.25) is 5.91 Å². The molecule has 0 saturated carbocycles. The Kier molecular flexibility index (Phi) is 6.37. The normalized spacial score (nSPS) is 11.4. The van der Waals surface area contributed by atoms with Crippen molar-refractivity contribution in [3.63, 3.8) is 0 Å². The molecule has 0 aliphatic heterocycles. The number of benzene rings is 2. The van der Waals surface area contributed by atoms with E-state index in [1.54, 1.807) is 7.05 Å². The number of nitrogens with zero attached hydrogens (tertiary/aromatic N) is 1. The Balaban J connectivity index is 1.99. The van der Waals surface area contributed by atoms with E-state index < -0.39 is 12.3 Å². The minimum atomic E-state index is -0.760. The van der Waals surface area contributed by atoms with Gasteiger partial charge < -0.3 is 14.4 Å². The van der Waals surface area contributed by atoms with Crippen molar-refractivity contribution in [1.29, 1.82) is 0 Å². The summed E-state index contributed by atoms with van der Waals surface area (Å²) in [5.74, 6) is -0.0998. The van der Waals surface area contributed by atoms with Crippen LogP contribution in [0.25, 0.3) is 0 Å². The lowest BCUT2D eigenvalue weighted by molar-refractivity contribution is -0.129. The SMILES string of the molecule is CC(=O)N(C)CC(OC(=O)OCc1ccccc1)c1ccccc1. The minimum absolute atomic E-state index is 0.0998. The van der Waals surface area contributed by atoms with Crippen molar-refractivity contribution in [2.75, 3.05) is 13.6 Å². The van der Waals surface area contributed by atoms with Crippen LogP contribution in [0.5, 0.6) is 0 Å². The molecule has 0 aromatic heterocycles. The molecule has 5 heteroatoms. The molecule has 2 rings (SSSR count).